The van der Waals surface area contributed by atoms with E-state index < -0.39 is 0 Å². The van der Waals surface area contributed by atoms with Crippen LogP contribution < -0.4 is 5.32 Å². The number of carbonyl (C=O) groups is 1. The van der Waals surface area contributed by atoms with Gasteiger partial charge in [-0.2, -0.15) is 0 Å². The Hall–Kier alpha value is -3.12. The van der Waals surface area contributed by atoms with Crippen LogP contribution in [0.15, 0.2) is 66.4 Å². The van der Waals surface area contributed by atoms with E-state index in [9.17, 15) is 4.79 Å². The molecule has 0 aliphatic rings. The number of anilines is 1. The van der Waals surface area contributed by atoms with Crippen LogP contribution in [-0.4, -0.2) is 20.9 Å². The van der Waals surface area contributed by atoms with Gasteiger partial charge >= 0.3 is 0 Å². The van der Waals surface area contributed by atoms with Gasteiger partial charge in [-0.15, -0.1) is 11.3 Å². The van der Waals surface area contributed by atoms with E-state index in [0.717, 1.165) is 32.9 Å². The second kappa shape index (κ2) is 7.41. The molecule has 0 spiro atoms. The number of para-hydroxylation sites is 1. The molecular formula is C20H16N4OS. The number of hydrogen-bond donors (Lipinski definition) is 1. The topological polar surface area (TPSA) is 67.8 Å². The van der Waals surface area contributed by atoms with Crippen molar-refractivity contribution in [3.05, 3.63) is 71.4 Å². The van der Waals surface area contributed by atoms with Crippen molar-refractivity contribution in [2.45, 2.75) is 12.8 Å². The molecule has 0 unspecified atom stereocenters. The molecule has 0 radical (unpaired) electrons. The van der Waals surface area contributed by atoms with Crippen molar-refractivity contribution in [1.82, 2.24) is 15.0 Å². The van der Waals surface area contributed by atoms with Gasteiger partial charge in [-0.05, 0) is 24.3 Å². The van der Waals surface area contributed by atoms with Crippen molar-refractivity contribution in [2.24, 2.45) is 0 Å². The van der Waals surface area contributed by atoms with Crippen LogP contribution in [0.2, 0.25) is 0 Å². The zero-order valence-corrected chi connectivity index (χ0v) is 14.7. The predicted molar refractivity (Wildman–Crippen MR) is 104 cm³/mol. The summed E-state index contributed by atoms with van der Waals surface area (Å²) in [5, 5.41) is 6.90. The first-order chi connectivity index (χ1) is 12.8. The third kappa shape index (κ3) is 3.60. The number of amides is 1. The summed E-state index contributed by atoms with van der Waals surface area (Å²) >= 11 is 1.56. The first-order valence-electron chi connectivity index (χ1n) is 8.28. The van der Waals surface area contributed by atoms with Gasteiger partial charge in [-0.25, -0.2) is 4.98 Å². The zero-order valence-electron chi connectivity index (χ0n) is 13.9. The van der Waals surface area contributed by atoms with Crippen LogP contribution in [0, 0.1) is 0 Å². The number of nitrogens with one attached hydrogen (secondary N) is 1. The Balaban J connectivity index is 1.41. The van der Waals surface area contributed by atoms with Gasteiger partial charge in [0, 0.05) is 47.8 Å². The smallest absolute Gasteiger partial charge is 0.224 e. The first-order valence-corrected chi connectivity index (χ1v) is 9.16. The number of aromatic nitrogens is 3. The van der Waals surface area contributed by atoms with Crippen molar-refractivity contribution in [3.8, 4) is 11.3 Å². The first kappa shape index (κ1) is 16.4. The highest BCUT2D eigenvalue weighted by atomic mass is 32.1. The molecule has 0 bridgehead atoms. The average Bonchev–Trinajstić information content (AvgIpc) is 3.17. The minimum atomic E-state index is -0.0405. The number of thiazole rings is 1. The molecule has 0 atom stereocenters. The molecule has 0 saturated heterocycles. The molecule has 1 amide bonds. The molecule has 5 nitrogen and oxygen atoms in total. The second-order valence-electron chi connectivity index (χ2n) is 5.80. The molecule has 1 N–H and O–H groups in total. The maximum atomic E-state index is 12.3. The van der Waals surface area contributed by atoms with E-state index in [2.05, 4.69) is 20.3 Å². The fourth-order valence-electron chi connectivity index (χ4n) is 2.71. The Morgan fingerprint density at radius 3 is 2.85 bits per heavy atom. The van der Waals surface area contributed by atoms with Gasteiger partial charge in [0.25, 0.3) is 0 Å². The lowest BCUT2D eigenvalue weighted by molar-refractivity contribution is -0.116. The zero-order chi connectivity index (χ0) is 17.8. The highest BCUT2D eigenvalue weighted by Crippen LogP contribution is 2.23. The van der Waals surface area contributed by atoms with E-state index in [4.69, 9.17) is 0 Å². The molecule has 4 aromatic rings. The number of pyridine rings is 2. The number of aryl methyl sites for hydroxylation is 1. The molecule has 3 heterocycles. The molecule has 0 aliphatic heterocycles. The van der Waals surface area contributed by atoms with Gasteiger partial charge < -0.3 is 5.32 Å². The molecule has 4 rings (SSSR count). The summed E-state index contributed by atoms with van der Waals surface area (Å²) in [6.45, 7) is 0. The maximum absolute atomic E-state index is 12.3. The van der Waals surface area contributed by atoms with Crippen molar-refractivity contribution in [1.29, 1.82) is 0 Å². The Morgan fingerprint density at radius 1 is 1.08 bits per heavy atom. The molecule has 3 aromatic heterocycles. The summed E-state index contributed by atoms with van der Waals surface area (Å²) in [5.74, 6) is -0.0405. The SMILES string of the molecule is O=C(CCc1nc(-c2cccnc2)cs1)Nc1cccc2cccnc12. The lowest BCUT2D eigenvalue weighted by atomic mass is 10.2. The lowest BCUT2D eigenvalue weighted by Crippen LogP contribution is -2.12. The predicted octanol–water partition coefficient (Wildman–Crippen LogP) is 4.32. The highest BCUT2D eigenvalue weighted by molar-refractivity contribution is 7.09. The van der Waals surface area contributed by atoms with Gasteiger partial charge in [-0.3, -0.25) is 14.8 Å². The molecule has 0 fully saturated rings. The van der Waals surface area contributed by atoms with E-state index in [1.54, 1.807) is 29.9 Å². The van der Waals surface area contributed by atoms with E-state index in [1.807, 2.05) is 47.8 Å². The molecule has 26 heavy (non-hydrogen) atoms. The van der Waals surface area contributed by atoms with Crippen LogP contribution in [0.1, 0.15) is 11.4 Å². The number of benzene rings is 1. The van der Waals surface area contributed by atoms with E-state index in [0.29, 0.717) is 12.8 Å². The molecule has 6 heteroatoms. The highest BCUT2D eigenvalue weighted by Gasteiger charge is 2.09. The summed E-state index contributed by atoms with van der Waals surface area (Å²) in [5.41, 5.74) is 3.43. The van der Waals surface area contributed by atoms with Gasteiger partial charge in [-0.1, -0.05) is 18.2 Å². The van der Waals surface area contributed by atoms with E-state index in [1.165, 1.54) is 0 Å². The number of carbonyl (C=O) groups excluding carboxylic acids is 1. The Bertz CT molecular complexity index is 1040. The van der Waals surface area contributed by atoms with Gasteiger partial charge in [0.1, 0.15) is 0 Å². The Labute approximate surface area is 154 Å². The maximum Gasteiger partial charge on any atom is 0.224 e. The fourth-order valence-corrected chi connectivity index (χ4v) is 3.52. The van der Waals surface area contributed by atoms with Crippen LogP contribution >= 0.6 is 11.3 Å². The summed E-state index contributed by atoms with van der Waals surface area (Å²) in [4.78, 5) is 25.4. The lowest BCUT2D eigenvalue weighted by Gasteiger charge is -2.07. The van der Waals surface area contributed by atoms with Crippen LogP contribution in [0.25, 0.3) is 22.2 Å². The molecule has 0 saturated carbocycles. The number of hydrogen-bond acceptors (Lipinski definition) is 5. The van der Waals surface area contributed by atoms with Crippen molar-refractivity contribution < 1.29 is 4.79 Å². The quantitative estimate of drug-likeness (QED) is 0.575. The molecule has 1 aromatic carbocycles. The minimum absolute atomic E-state index is 0.0405. The van der Waals surface area contributed by atoms with Gasteiger partial charge in [0.15, 0.2) is 0 Å². The largest absolute Gasteiger partial charge is 0.324 e. The third-order valence-corrected chi connectivity index (χ3v) is 4.89. The van der Waals surface area contributed by atoms with Crippen molar-refractivity contribution >= 4 is 33.8 Å². The number of nitrogens with zero attached hydrogens (tertiary/aromatic N) is 3. The molecule has 0 aliphatic carbocycles. The van der Waals surface area contributed by atoms with Gasteiger partial charge in [0.05, 0.1) is 21.9 Å². The molecular weight excluding hydrogens is 344 g/mol. The van der Waals surface area contributed by atoms with Crippen molar-refractivity contribution in [3.63, 3.8) is 0 Å². The van der Waals surface area contributed by atoms with Crippen LogP contribution in [0.5, 0.6) is 0 Å². The van der Waals surface area contributed by atoms with Crippen LogP contribution in [-0.2, 0) is 11.2 Å². The summed E-state index contributed by atoms with van der Waals surface area (Å²) < 4.78 is 0. The van der Waals surface area contributed by atoms with Crippen LogP contribution in [0.4, 0.5) is 5.69 Å². The van der Waals surface area contributed by atoms with E-state index in [-0.39, 0.29) is 5.91 Å². The molecule has 128 valence electrons. The normalized spacial score (nSPS) is 10.8. The summed E-state index contributed by atoms with van der Waals surface area (Å²) in [6, 6.07) is 13.5. The Kier molecular flexibility index (Phi) is 4.66. The fraction of sp³-hybridized carbons (Fsp3) is 0.100. The van der Waals surface area contributed by atoms with Gasteiger partial charge in [0.2, 0.25) is 5.91 Å². The number of rotatable bonds is 5. The average molecular weight is 360 g/mol. The summed E-state index contributed by atoms with van der Waals surface area (Å²) in [7, 11) is 0. The monoisotopic (exact) mass is 360 g/mol. The Morgan fingerprint density at radius 2 is 1.96 bits per heavy atom. The van der Waals surface area contributed by atoms with Crippen molar-refractivity contribution in [2.75, 3.05) is 5.32 Å². The summed E-state index contributed by atoms with van der Waals surface area (Å²) in [6.07, 6.45) is 6.24. The standard InChI is InChI=1S/C20H16N4OS/c25-18(23-16-7-1-4-14-5-3-11-22-20(14)16)8-9-19-24-17(13-26-19)15-6-2-10-21-12-15/h1-7,10-13H,8-9H2,(H,23,25). The van der Waals surface area contributed by atoms with E-state index >= 15 is 0 Å². The minimum Gasteiger partial charge on any atom is -0.324 e. The second-order valence-corrected chi connectivity index (χ2v) is 6.74. The number of fused-ring (bicyclic) bond motifs is 1. The van der Waals surface area contributed by atoms with Crippen LogP contribution in [0.3, 0.4) is 0 Å². The third-order valence-electron chi connectivity index (χ3n) is 3.98.